The van der Waals surface area contributed by atoms with Crippen LogP contribution in [0.25, 0.3) is 0 Å². The monoisotopic (exact) mass is 477 g/mol. The van der Waals surface area contributed by atoms with Gasteiger partial charge in [0.25, 0.3) is 0 Å². The number of carbonyl (C=O) groups is 2. The molecule has 0 unspecified atom stereocenters. The van der Waals surface area contributed by atoms with Crippen molar-refractivity contribution >= 4 is 57.7 Å². The first-order chi connectivity index (χ1) is 14.9. The summed E-state index contributed by atoms with van der Waals surface area (Å²) < 4.78 is 5.22. The first-order valence-electron chi connectivity index (χ1n) is 9.55. The fraction of sp³-hybridized carbons (Fsp3) is 0.227. The van der Waals surface area contributed by atoms with Crippen LogP contribution < -0.4 is 10.6 Å². The molecule has 1 amide bonds. The van der Waals surface area contributed by atoms with Crippen molar-refractivity contribution in [2.45, 2.75) is 19.9 Å². The predicted molar refractivity (Wildman–Crippen MR) is 127 cm³/mol. The Morgan fingerprint density at radius 1 is 1.16 bits per heavy atom. The van der Waals surface area contributed by atoms with Crippen LogP contribution >= 0.6 is 35.0 Å². The number of carbonyl (C=O) groups excluding carboxylic acids is 2. The van der Waals surface area contributed by atoms with Crippen LogP contribution in [0, 0.1) is 0 Å². The Labute approximate surface area is 195 Å². The molecule has 2 aromatic rings. The predicted octanol–water partition coefficient (Wildman–Crippen LogP) is 5.20. The zero-order valence-electron chi connectivity index (χ0n) is 16.9. The second kappa shape index (κ2) is 10.7. The van der Waals surface area contributed by atoms with E-state index in [-0.39, 0.29) is 18.3 Å². The maximum Gasteiger partial charge on any atom is 0.338 e. The second-order valence-corrected chi connectivity index (χ2v) is 8.32. The maximum absolute atomic E-state index is 12.6. The zero-order valence-corrected chi connectivity index (χ0v) is 19.3. The quantitative estimate of drug-likeness (QED) is 0.558. The van der Waals surface area contributed by atoms with Crippen molar-refractivity contribution in [1.82, 2.24) is 5.32 Å². The molecule has 1 aliphatic rings. The lowest BCUT2D eigenvalue weighted by Crippen LogP contribution is -2.31. The number of nitrogens with zero attached hydrogens (tertiary/aromatic N) is 1. The lowest BCUT2D eigenvalue weighted by Gasteiger charge is -2.26. The van der Waals surface area contributed by atoms with Crippen molar-refractivity contribution in [2.24, 2.45) is 4.99 Å². The summed E-state index contributed by atoms with van der Waals surface area (Å²) >= 11 is 13.8. The summed E-state index contributed by atoms with van der Waals surface area (Å²) in [6, 6.07) is 13.7. The molecular weight excluding hydrogens is 457 g/mol. The van der Waals surface area contributed by atoms with Gasteiger partial charge in [0.2, 0.25) is 5.91 Å². The summed E-state index contributed by atoms with van der Waals surface area (Å²) in [6.07, 6.45) is 0. The van der Waals surface area contributed by atoms with E-state index in [0.717, 1.165) is 5.69 Å². The fourth-order valence-corrected chi connectivity index (χ4v) is 4.16. The van der Waals surface area contributed by atoms with Crippen molar-refractivity contribution in [3.8, 4) is 0 Å². The van der Waals surface area contributed by atoms with Crippen LogP contribution in [0.3, 0.4) is 0 Å². The molecule has 6 nitrogen and oxygen atoms in total. The maximum atomic E-state index is 12.6. The number of hydrogen-bond donors (Lipinski definition) is 2. The molecule has 0 bridgehead atoms. The molecular formula is C22H21Cl2N3O3S. The van der Waals surface area contributed by atoms with Crippen molar-refractivity contribution in [3.05, 3.63) is 75.4 Å². The Kier molecular flexibility index (Phi) is 8.01. The molecule has 0 saturated carbocycles. The molecule has 0 aromatic heterocycles. The number of thioether (sulfide) groups is 1. The molecule has 2 N–H and O–H groups in total. The minimum atomic E-state index is -0.703. The largest absolute Gasteiger partial charge is 0.463 e. The van der Waals surface area contributed by atoms with Gasteiger partial charge in [-0.2, -0.15) is 0 Å². The van der Waals surface area contributed by atoms with Gasteiger partial charge in [0.1, 0.15) is 6.04 Å². The van der Waals surface area contributed by atoms with Gasteiger partial charge in [0, 0.05) is 16.9 Å². The van der Waals surface area contributed by atoms with Gasteiger partial charge in [-0.25, -0.2) is 9.79 Å². The molecule has 1 aliphatic heterocycles. The first kappa shape index (κ1) is 23.2. The van der Waals surface area contributed by atoms with E-state index in [1.807, 2.05) is 30.3 Å². The average molecular weight is 478 g/mol. The first-order valence-corrected chi connectivity index (χ1v) is 11.3. The van der Waals surface area contributed by atoms with Crippen LogP contribution in [0.1, 0.15) is 25.5 Å². The highest BCUT2D eigenvalue weighted by Crippen LogP contribution is 2.39. The molecule has 0 saturated heterocycles. The van der Waals surface area contributed by atoms with Crippen molar-refractivity contribution < 1.29 is 14.3 Å². The van der Waals surface area contributed by atoms with Crippen LogP contribution in [0.5, 0.6) is 0 Å². The number of ether oxygens (including phenoxy) is 1. The van der Waals surface area contributed by atoms with Gasteiger partial charge >= 0.3 is 5.97 Å². The average Bonchev–Trinajstić information content (AvgIpc) is 2.74. The number of benzene rings is 2. The van der Waals surface area contributed by atoms with Gasteiger partial charge in [-0.15, -0.1) is 0 Å². The Balaban J connectivity index is 1.83. The SMILES string of the molecule is CCOC(=O)C1=C(C)NC(SCC(=O)Nc2ccccc2)=N[C@@H]1c1cccc(Cl)c1Cl. The smallest absolute Gasteiger partial charge is 0.338 e. The number of hydrogen-bond acceptors (Lipinski definition) is 6. The molecule has 0 aliphatic carbocycles. The molecule has 1 atom stereocenters. The van der Waals surface area contributed by atoms with E-state index in [1.54, 1.807) is 32.0 Å². The highest BCUT2D eigenvalue weighted by Gasteiger charge is 2.32. The van der Waals surface area contributed by atoms with Crippen molar-refractivity contribution in [3.63, 3.8) is 0 Å². The van der Waals surface area contributed by atoms with E-state index >= 15 is 0 Å². The van der Waals surface area contributed by atoms with Crippen LogP contribution in [0.4, 0.5) is 5.69 Å². The highest BCUT2D eigenvalue weighted by atomic mass is 35.5. The van der Waals surface area contributed by atoms with E-state index in [9.17, 15) is 9.59 Å². The molecule has 9 heteroatoms. The van der Waals surface area contributed by atoms with Crippen LogP contribution in [0.2, 0.25) is 10.0 Å². The van der Waals surface area contributed by atoms with Gasteiger partial charge in [-0.1, -0.05) is 65.3 Å². The summed E-state index contributed by atoms with van der Waals surface area (Å²) in [4.78, 5) is 29.6. The zero-order chi connectivity index (χ0) is 22.4. The van der Waals surface area contributed by atoms with E-state index in [0.29, 0.717) is 32.0 Å². The van der Waals surface area contributed by atoms with Gasteiger partial charge in [0.05, 0.1) is 28.0 Å². The van der Waals surface area contributed by atoms with Crippen LogP contribution in [-0.2, 0) is 14.3 Å². The Morgan fingerprint density at radius 3 is 2.61 bits per heavy atom. The van der Waals surface area contributed by atoms with E-state index < -0.39 is 12.0 Å². The van der Waals surface area contributed by atoms with Gasteiger partial charge in [0.15, 0.2) is 5.17 Å². The van der Waals surface area contributed by atoms with Gasteiger partial charge < -0.3 is 15.4 Å². The number of para-hydroxylation sites is 1. The number of allylic oxidation sites excluding steroid dienone is 1. The standard InChI is InChI=1S/C22H21Cl2N3O3S/c1-3-30-21(29)18-13(2)25-22(27-20(18)15-10-7-11-16(23)19(15)24)31-12-17(28)26-14-8-5-4-6-9-14/h4-11,20H,3,12H2,1-2H3,(H,25,27)(H,26,28)/t20-/m1/s1. The summed E-state index contributed by atoms with van der Waals surface area (Å²) in [5.41, 5.74) is 2.24. The summed E-state index contributed by atoms with van der Waals surface area (Å²) in [7, 11) is 0. The third-order valence-corrected chi connectivity index (χ3v) is 6.11. The third-order valence-electron chi connectivity index (χ3n) is 4.39. The summed E-state index contributed by atoms with van der Waals surface area (Å²) in [6.45, 7) is 3.73. The number of nitrogens with one attached hydrogen (secondary N) is 2. The van der Waals surface area contributed by atoms with E-state index in [2.05, 4.69) is 15.6 Å². The van der Waals surface area contributed by atoms with Crippen LogP contribution in [0.15, 0.2) is 64.8 Å². The van der Waals surface area contributed by atoms with Gasteiger partial charge in [-0.05, 0) is 32.0 Å². The molecule has 1 heterocycles. The van der Waals surface area contributed by atoms with Crippen molar-refractivity contribution in [1.29, 1.82) is 0 Å². The number of rotatable bonds is 6. The minimum absolute atomic E-state index is 0.138. The van der Waals surface area contributed by atoms with Gasteiger partial charge in [-0.3, -0.25) is 4.79 Å². The fourth-order valence-electron chi connectivity index (χ4n) is 3.00. The number of anilines is 1. The molecule has 0 radical (unpaired) electrons. The third kappa shape index (κ3) is 5.81. The molecule has 3 rings (SSSR count). The Bertz CT molecular complexity index is 1040. The molecule has 162 valence electrons. The highest BCUT2D eigenvalue weighted by molar-refractivity contribution is 8.14. The molecule has 31 heavy (non-hydrogen) atoms. The van der Waals surface area contributed by atoms with E-state index in [1.165, 1.54) is 11.8 Å². The number of esters is 1. The molecule has 0 fully saturated rings. The van der Waals surface area contributed by atoms with Crippen LogP contribution in [-0.4, -0.2) is 29.4 Å². The Hall–Kier alpha value is -2.48. The number of amides is 1. The lowest BCUT2D eigenvalue weighted by molar-refractivity contribution is -0.139. The van der Waals surface area contributed by atoms with E-state index in [4.69, 9.17) is 27.9 Å². The lowest BCUT2D eigenvalue weighted by atomic mass is 9.96. The normalized spacial score (nSPS) is 15.7. The summed E-state index contributed by atoms with van der Waals surface area (Å²) in [5.74, 6) is -0.516. The number of halogens is 2. The van der Waals surface area contributed by atoms with Crippen molar-refractivity contribution in [2.75, 3.05) is 17.7 Å². The molecule has 0 spiro atoms. The number of aliphatic imine (C=N–C) groups is 1. The Morgan fingerprint density at radius 2 is 1.90 bits per heavy atom. The number of amidine groups is 1. The summed E-state index contributed by atoms with van der Waals surface area (Å²) in [5, 5.41) is 7.10. The topological polar surface area (TPSA) is 79.8 Å². The second-order valence-electron chi connectivity index (χ2n) is 6.57. The molecule has 2 aromatic carbocycles. The minimum Gasteiger partial charge on any atom is -0.463 e.